The average Bonchev–Trinajstić information content (AvgIpc) is 3.84. The monoisotopic (exact) mass is 765 g/mol. The van der Waals surface area contributed by atoms with Gasteiger partial charge in [0.05, 0.1) is 40.3 Å². The fourth-order valence-electron chi connectivity index (χ4n) is 8.51. The van der Waals surface area contributed by atoms with Crippen molar-refractivity contribution in [2.45, 2.75) is 0 Å². The van der Waals surface area contributed by atoms with Gasteiger partial charge in [-0.15, -0.1) is 0 Å². The molecule has 3 aromatic heterocycles. The van der Waals surface area contributed by atoms with E-state index in [0.717, 1.165) is 55.3 Å². The first-order valence-electron chi connectivity index (χ1n) is 19.6. The zero-order chi connectivity index (χ0) is 40.2. The molecule has 0 unspecified atom stereocenters. The van der Waals surface area contributed by atoms with Gasteiger partial charge in [-0.2, -0.15) is 5.26 Å². The minimum absolute atomic E-state index is 0.271. The predicted octanol–water partition coefficient (Wildman–Crippen LogP) is 13.2. The van der Waals surface area contributed by atoms with Gasteiger partial charge in [-0.05, 0) is 71.8 Å². The summed E-state index contributed by atoms with van der Waals surface area (Å²) in [7, 11) is 0. The first kappa shape index (κ1) is 34.6. The number of nitrogens with zero attached hydrogens (tertiary/aromatic N) is 7. The van der Waals surface area contributed by atoms with Gasteiger partial charge >= 0.3 is 0 Å². The topological polar surface area (TPSA) is 76.7 Å². The highest BCUT2D eigenvalue weighted by atomic mass is 15.0. The molecule has 3 heterocycles. The van der Waals surface area contributed by atoms with E-state index in [9.17, 15) is 5.26 Å². The molecule has 0 radical (unpaired) electrons. The normalized spacial score (nSPS) is 11.3. The number of hydrogen-bond donors (Lipinski definition) is 0. The number of aromatic nitrogens is 5. The molecule has 0 saturated carbocycles. The number of benzene rings is 8. The lowest BCUT2D eigenvalue weighted by Gasteiger charge is -2.14. The second-order valence-corrected chi connectivity index (χ2v) is 14.7. The van der Waals surface area contributed by atoms with Crippen LogP contribution in [0.15, 0.2) is 188 Å². The van der Waals surface area contributed by atoms with E-state index in [1.807, 2.05) is 91.0 Å². The molecule has 0 fully saturated rings. The number of para-hydroxylation sites is 3. The second-order valence-electron chi connectivity index (χ2n) is 14.7. The Morgan fingerprint density at radius 3 is 1.38 bits per heavy atom. The van der Waals surface area contributed by atoms with Crippen molar-refractivity contribution in [1.82, 2.24) is 24.1 Å². The van der Waals surface area contributed by atoms with Crippen LogP contribution in [0.4, 0.5) is 5.69 Å². The van der Waals surface area contributed by atoms with Crippen LogP contribution in [0.1, 0.15) is 5.56 Å². The zero-order valence-corrected chi connectivity index (χ0v) is 32.0. The Balaban J connectivity index is 1.07. The molecule has 11 aromatic rings. The molecule has 0 spiro atoms. The smallest absolute Gasteiger partial charge is 0.201 e. The van der Waals surface area contributed by atoms with Gasteiger partial charge in [-0.1, -0.05) is 127 Å². The Morgan fingerprint density at radius 1 is 0.417 bits per heavy atom. The van der Waals surface area contributed by atoms with Crippen LogP contribution >= 0.6 is 0 Å². The molecular formula is C53H31N7. The van der Waals surface area contributed by atoms with Gasteiger partial charge in [0.15, 0.2) is 17.5 Å². The molecule has 7 heteroatoms. The Labute approximate surface area is 345 Å². The predicted molar refractivity (Wildman–Crippen MR) is 241 cm³/mol. The van der Waals surface area contributed by atoms with Gasteiger partial charge in [-0.25, -0.2) is 19.8 Å². The Hall–Kier alpha value is -8.65. The molecular weight excluding hydrogens is 735 g/mol. The quantitative estimate of drug-likeness (QED) is 0.158. The van der Waals surface area contributed by atoms with Crippen LogP contribution in [0, 0.1) is 17.9 Å². The molecule has 0 aliphatic carbocycles. The van der Waals surface area contributed by atoms with Crippen LogP contribution in [-0.2, 0) is 0 Å². The summed E-state index contributed by atoms with van der Waals surface area (Å²) in [5, 5.41) is 15.3. The van der Waals surface area contributed by atoms with E-state index in [4.69, 9.17) is 21.5 Å². The fraction of sp³-hybridized carbons (Fsp3) is 0. The fourth-order valence-corrected chi connectivity index (χ4v) is 8.51. The van der Waals surface area contributed by atoms with Crippen molar-refractivity contribution in [3.8, 4) is 62.7 Å². The van der Waals surface area contributed by atoms with E-state index in [1.54, 1.807) is 0 Å². The first-order valence-corrected chi connectivity index (χ1v) is 19.6. The second kappa shape index (κ2) is 14.1. The molecule has 8 aromatic carbocycles. The lowest BCUT2D eigenvalue weighted by molar-refractivity contribution is 1.07. The molecule has 0 bridgehead atoms. The van der Waals surface area contributed by atoms with Crippen molar-refractivity contribution < 1.29 is 0 Å². The number of rotatable bonds is 6. The number of nitriles is 1. The summed E-state index contributed by atoms with van der Waals surface area (Å²) in [6.07, 6.45) is 0. The molecule has 0 aliphatic heterocycles. The summed E-state index contributed by atoms with van der Waals surface area (Å²) < 4.78 is 4.47. The average molecular weight is 766 g/mol. The maximum atomic E-state index is 10.8. The van der Waals surface area contributed by atoms with Gasteiger partial charge in [0, 0.05) is 49.6 Å². The van der Waals surface area contributed by atoms with E-state index in [1.165, 1.54) is 16.3 Å². The van der Waals surface area contributed by atoms with Crippen molar-refractivity contribution in [2.75, 3.05) is 0 Å². The van der Waals surface area contributed by atoms with Crippen molar-refractivity contribution in [1.29, 1.82) is 5.26 Å². The van der Waals surface area contributed by atoms with E-state index < -0.39 is 0 Å². The summed E-state index contributed by atoms with van der Waals surface area (Å²) >= 11 is 0. The minimum Gasteiger partial charge on any atom is -0.310 e. The molecule has 0 aliphatic rings. The van der Waals surface area contributed by atoms with E-state index in [-0.39, 0.29) is 11.5 Å². The first-order chi connectivity index (χ1) is 29.7. The van der Waals surface area contributed by atoms with Crippen molar-refractivity contribution in [3.05, 3.63) is 205 Å². The Morgan fingerprint density at radius 2 is 0.867 bits per heavy atom. The van der Waals surface area contributed by atoms with Gasteiger partial charge in [-0.3, -0.25) is 0 Å². The van der Waals surface area contributed by atoms with Crippen molar-refractivity contribution in [3.63, 3.8) is 0 Å². The lowest BCUT2D eigenvalue weighted by Crippen LogP contribution is -2.02. The standard InChI is InChI=1S/C53H31N7/c1-55-45-32-40(29-38(33-54)50(45)53-57-51(34-15-5-2-6-16-34)56-52(58-53)35-17-7-3-8-18-35)60-47-24-14-12-22-42(47)44-31-37(26-28-49(44)60)36-25-27-48-43(30-36)41-21-11-13-23-46(41)59(48)39-19-9-4-10-20-39/h2-32H. The molecule has 0 saturated heterocycles. The van der Waals surface area contributed by atoms with Gasteiger partial charge < -0.3 is 9.13 Å². The van der Waals surface area contributed by atoms with Gasteiger partial charge in [0.2, 0.25) is 5.69 Å². The van der Waals surface area contributed by atoms with Crippen molar-refractivity contribution in [2.24, 2.45) is 0 Å². The summed E-state index contributed by atoms with van der Waals surface area (Å²) in [6, 6.07) is 66.1. The highest BCUT2D eigenvalue weighted by molar-refractivity contribution is 6.13. The van der Waals surface area contributed by atoms with Gasteiger partial charge in [0.1, 0.15) is 0 Å². The van der Waals surface area contributed by atoms with Crippen LogP contribution in [-0.4, -0.2) is 24.1 Å². The summed E-state index contributed by atoms with van der Waals surface area (Å²) in [5.41, 5.74) is 10.9. The SMILES string of the molecule is [C-]#[N+]c1cc(-n2c3ccccc3c3cc(-c4ccc5c(c4)c4ccccc4n5-c4ccccc4)ccc32)cc(C#N)c1-c1nc(-c2ccccc2)nc(-c2ccccc2)n1. The van der Waals surface area contributed by atoms with Crippen LogP contribution in [0.2, 0.25) is 0 Å². The third-order valence-electron chi connectivity index (χ3n) is 11.2. The molecule has 278 valence electrons. The summed E-state index contributed by atoms with van der Waals surface area (Å²) in [6.45, 7) is 8.40. The highest BCUT2D eigenvalue weighted by Gasteiger charge is 2.22. The minimum atomic E-state index is 0.271. The largest absolute Gasteiger partial charge is 0.310 e. The maximum absolute atomic E-state index is 10.8. The molecule has 0 amide bonds. The maximum Gasteiger partial charge on any atom is 0.201 e. The number of hydrogen-bond acceptors (Lipinski definition) is 4. The Bertz CT molecular complexity index is 3460. The van der Waals surface area contributed by atoms with E-state index >= 15 is 0 Å². The zero-order valence-electron chi connectivity index (χ0n) is 32.0. The number of fused-ring (bicyclic) bond motifs is 6. The summed E-state index contributed by atoms with van der Waals surface area (Å²) in [4.78, 5) is 18.6. The lowest BCUT2D eigenvalue weighted by atomic mass is 10.0. The van der Waals surface area contributed by atoms with Crippen molar-refractivity contribution >= 4 is 49.3 Å². The Kier molecular flexibility index (Phi) is 8.11. The summed E-state index contributed by atoms with van der Waals surface area (Å²) in [5.74, 6) is 1.19. The highest BCUT2D eigenvalue weighted by Crippen LogP contribution is 2.41. The molecule has 11 rings (SSSR count). The van der Waals surface area contributed by atoms with Crippen LogP contribution in [0.3, 0.4) is 0 Å². The third-order valence-corrected chi connectivity index (χ3v) is 11.2. The molecule has 60 heavy (non-hydrogen) atoms. The molecule has 0 N–H and O–H groups in total. The van der Waals surface area contributed by atoms with E-state index in [0.29, 0.717) is 28.5 Å². The van der Waals surface area contributed by atoms with Crippen LogP contribution < -0.4 is 0 Å². The van der Waals surface area contributed by atoms with E-state index in [2.05, 4.69) is 117 Å². The third kappa shape index (κ3) is 5.61. The van der Waals surface area contributed by atoms with Crippen LogP contribution in [0.5, 0.6) is 0 Å². The molecule has 0 atom stereocenters. The van der Waals surface area contributed by atoms with Gasteiger partial charge in [0.25, 0.3) is 0 Å². The molecule has 7 nitrogen and oxygen atoms in total. The van der Waals surface area contributed by atoms with Crippen LogP contribution in [0.25, 0.3) is 105 Å².